The normalized spacial score (nSPS) is 60.2. The summed E-state index contributed by atoms with van der Waals surface area (Å²) < 4.78 is 23.5. The zero-order valence-corrected chi connectivity index (χ0v) is 21.9. The van der Waals surface area contributed by atoms with E-state index in [1.165, 1.54) is 0 Å². The fraction of sp³-hybridized carbons (Fsp3) is 0.885. The maximum atomic E-state index is 12.8. The van der Waals surface area contributed by atoms with Crippen molar-refractivity contribution in [2.24, 2.45) is 34.5 Å². The molecule has 3 aliphatic carbocycles. The van der Waals surface area contributed by atoms with Crippen LogP contribution in [0.4, 0.5) is 0 Å². The van der Waals surface area contributed by atoms with Crippen molar-refractivity contribution in [2.45, 2.75) is 94.2 Å². The Bertz CT molecular complexity index is 1050. The molecule has 5 fully saturated rings. The van der Waals surface area contributed by atoms with Crippen LogP contribution in [0.1, 0.15) is 27.2 Å². The van der Waals surface area contributed by atoms with Crippen molar-refractivity contribution in [1.82, 2.24) is 0 Å². The molecule has 0 aromatic heterocycles. The Hall–Kier alpha value is -1.23. The Morgan fingerprint density at radius 2 is 1.79 bits per heavy atom. The molecule has 39 heavy (non-hydrogen) atoms. The lowest BCUT2D eigenvalue weighted by Gasteiger charge is -2.69. The monoisotopic (exact) mass is 558 g/mol. The van der Waals surface area contributed by atoms with Crippen LogP contribution in [0.3, 0.4) is 0 Å². The van der Waals surface area contributed by atoms with E-state index in [0.29, 0.717) is 0 Å². The summed E-state index contributed by atoms with van der Waals surface area (Å²) in [5, 5.41) is 86.7. The van der Waals surface area contributed by atoms with Crippen LogP contribution >= 0.6 is 0 Å². The van der Waals surface area contributed by atoms with Crippen LogP contribution in [0.5, 0.6) is 0 Å². The van der Waals surface area contributed by atoms with Gasteiger partial charge in [-0.1, -0.05) is 25.5 Å². The number of esters is 1. The topological polar surface area (TPSA) is 216 Å². The summed E-state index contributed by atoms with van der Waals surface area (Å²) in [4.78, 5) is 12.8. The van der Waals surface area contributed by atoms with Crippen LogP contribution in [-0.2, 0) is 23.7 Å². The van der Waals surface area contributed by atoms with Gasteiger partial charge in [-0.05, 0) is 25.2 Å². The minimum atomic E-state index is -2.15. The molecule has 0 aromatic carbocycles. The lowest BCUT2D eigenvalue weighted by molar-refractivity contribution is -0.369. The molecule has 8 N–H and O–H groups in total. The van der Waals surface area contributed by atoms with E-state index in [2.05, 4.69) is 0 Å². The van der Waals surface area contributed by atoms with Gasteiger partial charge >= 0.3 is 5.97 Å². The van der Waals surface area contributed by atoms with E-state index in [0.717, 1.165) is 5.57 Å². The number of aliphatic hydroxyl groups excluding tert-OH is 7. The maximum absolute atomic E-state index is 12.8. The molecule has 3 heterocycles. The van der Waals surface area contributed by atoms with Gasteiger partial charge < -0.3 is 59.8 Å². The Kier molecular flexibility index (Phi) is 6.36. The number of carbonyl (C=O) groups excluding carboxylic acids is 1. The Balaban J connectivity index is 1.48. The Morgan fingerprint density at radius 3 is 2.46 bits per heavy atom. The second kappa shape index (κ2) is 8.88. The second-order valence-corrected chi connectivity index (χ2v) is 12.6. The summed E-state index contributed by atoms with van der Waals surface area (Å²) in [6, 6.07) is 0. The van der Waals surface area contributed by atoms with Crippen molar-refractivity contribution in [1.29, 1.82) is 0 Å². The van der Waals surface area contributed by atoms with Gasteiger partial charge in [0, 0.05) is 22.7 Å². The highest BCUT2D eigenvalue weighted by Crippen LogP contribution is 2.74. The summed E-state index contributed by atoms with van der Waals surface area (Å²) >= 11 is 0. The minimum absolute atomic E-state index is 0.122. The zero-order valence-electron chi connectivity index (χ0n) is 21.9. The van der Waals surface area contributed by atoms with Gasteiger partial charge in [0.1, 0.15) is 36.6 Å². The Labute approximate surface area is 224 Å². The minimum Gasteiger partial charge on any atom is -0.460 e. The maximum Gasteiger partial charge on any atom is 0.335 e. The van der Waals surface area contributed by atoms with Crippen molar-refractivity contribution >= 4 is 5.97 Å². The van der Waals surface area contributed by atoms with Crippen molar-refractivity contribution < 1.29 is 64.6 Å². The lowest BCUT2D eigenvalue weighted by Crippen LogP contribution is -2.78. The quantitative estimate of drug-likeness (QED) is 0.126. The van der Waals surface area contributed by atoms with Crippen LogP contribution < -0.4 is 0 Å². The van der Waals surface area contributed by atoms with Crippen LogP contribution in [0.2, 0.25) is 0 Å². The molecule has 0 radical (unpaired) electrons. The first-order valence-corrected chi connectivity index (χ1v) is 13.5. The first-order valence-electron chi connectivity index (χ1n) is 13.5. The largest absolute Gasteiger partial charge is 0.460 e. The summed E-state index contributed by atoms with van der Waals surface area (Å²) in [7, 11) is 0. The van der Waals surface area contributed by atoms with Crippen molar-refractivity contribution in [3.63, 3.8) is 0 Å². The first-order chi connectivity index (χ1) is 18.2. The fourth-order valence-electron chi connectivity index (χ4n) is 9.33. The molecule has 0 amide bonds. The number of hydrogen-bond donors (Lipinski definition) is 8. The summed E-state index contributed by atoms with van der Waals surface area (Å²) in [5.74, 6) is -6.03. The summed E-state index contributed by atoms with van der Waals surface area (Å²) in [5.41, 5.74) is -1.66. The standard InChI is InChI=1S/C26H38O13/c1-8-4-11(28)20(39-22-18(32)17(31)15(29)12(6-27)37-22)24(3)10(8)5-13-25-7-36-26(35,23(24)25)19(33)9(2)14(25)16(30)21(34)38-13/h4,9-20,22-23,27-33,35H,5-7H2,1-3H3/t9-,10+,11+,12-,13-,14-,15-,16-,17+,18-,19-,20-,22+,23-,24-,25+,26+/m1/s1. The zero-order chi connectivity index (χ0) is 28.4. The predicted octanol–water partition coefficient (Wildman–Crippen LogP) is -3.25. The highest BCUT2D eigenvalue weighted by Gasteiger charge is 2.83. The van der Waals surface area contributed by atoms with Crippen molar-refractivity contribution in [3.05, 3.63) is 11.6 Å². The molecule has 220 valence electrons. The van der Waals surface area contributed by atoms with Crippen molar-refractivity contribution in [2.75, 3.05) is 13.2 Å². The van der Waals surface area contributed by atoms with E-state index in [1.807, 2.05) is 0 Å². The van der Waals surface area contributed by atoms with Gasteiger partial charge in [0.2, 0.25) is 0 Å². The molecule has 1 spiro atoms. The van der Waals surface area contributed by atoms with E-state index >= 15 is 0 Å². The van der Waals surface area contributed by atoms with Gasteiger partial charge in [0.25, 0.3) is 0 Å². The molecule has 0 aromatic rings. The summed E-state index contributed by atoms with van der Waals surface area (Å²) in [6.45, 7) is 4.40. The number of allylic oxidation sites excluding steroid dienone is 1. The first kappa shape index (κ1) is 27.9. The number of aliphatic hydroxyl groups is 8. The third-order valence-corrected chi connectivity index (χ3v) is 10.9. The van der Waals surface area contributed by atoms with Crippen molar-refractivity contribution in [3.8, 4) is 0 Å². The van der Waals surface area contributed by atoms with Gasteiger partial charge in [0.05, 0.1) is 25.4 Å². The molecular formula is C26H38O13. The SMILES string of the molecule is CC1=C[C@H](O)[C@@H](O[C@@H]2O[C@H](CO)[C@@H](O)[C@H](O)[C@H]2O)[C@]2(C)[C@H]3[C@@]4(O)OC[C@]35[C@H]([C@@H](C)[C@H]4O)[C@@H](O)C(=O)O[C@@H]5C[C@@H]12. The molecule has 3 aliphatic heterocycles. The smallest absolute Gasteiger partial charge is 0.335 e. The number of hydrogen-bond acceptors (Lipinski definition) is 13. The van der Waals surface area contributed by atoms with E-state index < -0.39 is 114 Å². The van der Waals surface area contributed by atoms with E-state index in [4.69, 9.17) is 18.9 Å². The van der Waals surface area contributed by atoms with Gasteiger partial charge in [-0.3, -0.25) is 0 Å². The lowest BCUT2D eigenvalue weighted by atomic mass is 9.38. The number of ether oxygens (including phenoxy) is 4. The van der Waals surface area contributed by atoms with E-state index in [-0.39, 0.29) is 13.0 Å². The molecule has 2 saturated carbocycles. The number of fused-ring (bicyclic) bond motifs is 1. The Morgan fingerprint density at radius 1 is 1.10 bits per heavy atom. The molecule has 0 unspecified atom stereocenters. The average Bonchev–Trinajstić information content (AvgIpc) is 3.17. The average molecular weight is 559 g/mol. The van der Waals surface area contributed by atoms with Crippen LogP contribution in [0.15, 0.2) is 11.6 Å². The fourth-order valence-corrected chi connectivity index (χ4v) is 9.33. The number of rotatable bonds is 3. The van der Waals surface area contributed by atoms with Gasteiger partial charge in [-0.25, -0.2) is 4.79 Å². The summed E-state index contributed by atoms with van der Waals surface area (Å²) in [6.07, 6.45) is -12.4. The van der Waals surface area contributed by atoms with E-state index in [1.54, 1.807) is 26.8 Å². The molecular weight excluding hydrogens is 520 g/mol. The van der Waals surface area contributed by atoms with Gasteiger partial charge in [0.15, 0.2) is 18.2 Å². The van der Waals surface area contributed by atoms with Crippen LogP contribution in [0, 0.1) is 34.5 Å². The van der Waals surface area contributed by atoms with E-state index in [9.17, 15) is 45.6 Å². The molecule has 6 aliphatic rings. The predicted molar refractivity (Wildman–Crippen MR) is 126 cm³/mol. The third kappa shape index (κ3) is 3.32. The van der Waals surface area contributed by atoms with Gasteiger partial charge in [-0.2, -0.15) is 0 Å². The highest BCUT2D eigenvalue weighted by atomic mass is 16.7. The second-order valence-electron chi connectivity index (χ2n) is 12.6. The third-order valence-electron chi connectivity index (χ3n) is 10.9. The molecule has 3 saturated heterocycles. The molecule has 2 bridgehead atoms. The molecule has 13 heteroatoms. The van der Waals surface area contributed by atoms with Crippen LogP contribution in [0.25, 0.3) is 0 Å². The molecule has 6 rings (SSSR count). The molecule has 17 atom stereocenters. The highest BCUT2D eigenvalue weighted by molar-refractivity contribution is 5.76. The van der Waals surface area contributed by atoms with Gasteiger partial charge in [-0.15, -0.1) is 0 Å². The number of carbonyl (C=O) groups is 1. The molecule has 13 nitrogen and oxygen atoms in total. The van der Waals surface area contributed by atoms with Crippen LogP contribution in [-0.4, -0.2) is 127 Å².